The number of benzene rings is 2. The lowest BCUT2D eigenvalue weighted by Crippen LogP contribution is -2.28. The maximum absolute atomic E-state index is 12.6. The smallest absolute Gasteiger partial charge is 0.303 e. The zero-order valence-electron chi connectivity index (χ0n) is 17.1. The summed E-state index contributed by atoms with van der Waals surface area (Å²) in [4.78, 5) is 1.95. The molecule has 2 atom stereocenters. The van der Waals surface area contributed by atoms with Crippen LogP contribution in [0.4, 0.5) is 13.2 Å². The van der Waals surface area contributed by atoms with E-state index < -0.39 is 12.6 Å². The molecule has 3 rings (SSSR count). The molecule has 1 aliphatic rings. The first-order valence-electron chi connectivity index (χ1n) is 10.5. The maximum atomic E-state index is 12.6. The van der Waals surface area contributed by atoms with Gasteiger partial charge in [0.25, 0.3) is 0 Å². The van der Waals surface area contributed by atoms with Crippen molar-refractivity contribution < 1.29 is 13.2 Å². The molecule has 0 saturated carbocycles. The Morgan fingerprint density at radius 3 is 2.68 bits per heavy atom. The van der Waals surface area contributed by atoms with Crippen LogP contribution in [-0.2, 0) is 12.8 Å². The number of hydrogen-bond donors (Lipinski definition) is 0. The molecule has 2 nitrogen and oxygen atoms in total. The summed E-state index contributed by atoms with van der Waals surface area (Å²) in [7, 11) is 0. The predicted octanol–water partition coefficient (Wildman–Crippen LogP) is 7.04. The minimum absolute atomic E-state index is 0.0764. The number of halogens is 5. The molecule has 2 unspecified atom stereocenters. The minimum Gasteiger partial charge on any atom is -0.303 e. The fraction of sp³-hybridized carbons (Fsp3) is 0.458. The Kier molecular flexibility index (Phi) is 8.43. The molecule has 0 radical (unpaired) electrons. The van der Waals surface area contributed by atoms with Crippen molar-refractivity contribution in [3.05, 3.63) is 68.7 Å². The highest BCUT2D eigenvalue weighted by molar-refractivity contribution is 9.10. The average molecular weight is 514 g/mol. The number of nitriles is 1. The van der Waals surface area contributed by atoms with Crippen LogP contribution in [0.1, 0.15) is 36.0 Å². The molecular formula is C24H25BrClF3N2. The quantitative estimate of drug-likeness (QED) is 0.378. The van der Waals surface area contributed by atoms with Crippen molar-refractivity contribution in [3.63, 3.8) is 0 Å². The number of rotatable bonds is 8. The number of aryl methyl sites for hydroxylation is 1. The van der Waals surface area contributed by atoms with Gasteiger partial charge in [-0.15, -0.1) is 0 Å². The summed E-state index contributed by atoms with van der Waals surface area (Å²) < 4.78 is 39.0. The van der Waals surface area contributed by atoms with E-state index in [1.807, 2.05) is 35.2 Å². The Balaban J connectivity index is 1.69. The largest absolute Gasteiger partial charge is 0.390 e. The molecule has 1 aliphatic heterocycles. The number of hydrogen-bond acceptors (Lipinski definition) is 2. The topological polar surface area (TPSA) is 27.0 Å². The Morgan fingerprint density at radius 1 is 1.23 bits per heavy atom. The van der Waals surface area contributed by atoms with Crippen LogP contribution in [-0.4, -0.2) is 30.7 Å². The normalized spacial score (nSPS) is 18.1. The molecule has 0 spiro atoms. The van der Waals surface area contributed by atoms with E-state index in [0.29, 0.717) is 29.0 Å². The summed E-state index contributed by atoms with van der Waals surface area (Å²) in [5, 5.41) is 9.53. The second-order valence-electron chi connectivity index (χ2n) is 8.23. The van der Waals surface area contributed by atoms with Crippen molar-refractivity contribution >= 4 is 27.5 Å². The second kappa shape index (κ2) is 10.8. The molecule has 7 heteroatoms. The molecule has 0 bridgehead atoms. The molecule has 1 heterocycles. The van der Waals surface area contributed by atoms with Gasteiger partial charge in [0.05, 0.1) is 17.0 Å². The fourth-order valence-corrected chi connectivity index (χ4v) is 5.04. The summed E-state index contributed by atoms with van der Waals surface area (Å²) in [5.41, 5.74) is 2.76. The van der Waals surface area contributed by atoms with Gasteiger partial charge in [0.15, 0.2) is 0 Å². The lowest BCUT2D eigenvalue weighted by molar-refractivity contribution is -0.137. The third-order valence-electron chi connectivity index (χ3n) is 6.08. The fourth-order valence-electron chi connectivity index (χ4n) is 4.34. The van der Waals surface area contributed by atoms with Crippen molar-refractivity contribution in [2.24, 2.45) is 11.8 Å². The van der Waals surface area contributed by atoms with Crippen molar-refractivity contribution in [2.45, 2.75) is 38.3 Å². The van der Waals surface area contributed by atoms with E-state index in [2.05, 4.69) is 28.1 Å². The van der Waals surface area contributed by atoms with Gasteiger partial charge in [-0.25, -0.2) is 0 Å². The van der Waals surface area contributed by atoms with Crippen molar-refractivity contribution in [1.29, 1.82) is 5.26 Å². The van der Waals surface area contributed by atoms with Crippen LogP contribution in [0.5, 0.6) is 0 Å². The highest BCUT2D eigenvalue weighted by Gasteiger charge is 2.33. The van der Waals surface area contributed by atoms with Crippen LogP contribution in [0.15, 0.2) is 46.9 Å². The van der Waals surface area contributed by atoms with E-state index in [1.165, 1.54) is 5.56 Å². The molecule has 0 aliphatic carbocycles. The SMILES string of the molecule is N#Cc1ccc(CCC(Cc2ccccc2Br)C2CCN(CCC(F)(F)F)C2)cc1Cl. The summed E-state index contributed by atoms with van der Waals surface area (Å²) >= 11 is 9.82. The predicted molar refractivity (Wildman–Crippen MR) is 121 cm³/mol. The molecule has 166 valence electrons. The van der Waals surface area contributed by atoms with Crippen LogP contribution in [0.3, 0.4) is 0 Å². The van der Waals surface area contributed by atoms with E-state index in [-0.39, 0.29) is 6.54 Å². The van der Waals surface area contributed by atoms with E-state index in [0.717, 1.165) is 42.3 Å². The summed E-state index contributed by atoms with van der Waals surface area (Å²) in [6.07, 6.45) is -1.33. The summed E-state index contributed by atoms with van der Waals surface area (Å²) in [6, 6.07) is 15.7. The third-order valence-corrected chi connectivity index (χ3v) is 7.17. The van der Waals surface area contributed by atoms with E-state index in [4.69, 9.17) is 16.9 Å². The van der Waals surface area contributed by atoms with E-state index in [1.54, 1.807) is 6.07 Å². The van der Waals surface area contributed by atoms with E-state index in [9.17, 15) is 13.2 Å². The zero-order valence-corrected chi connectivity index (χ0v) is 19.5. The first kappa shape index (κ1) is 24.1. The molecular weight excluding hydrogens is 489 g/mol. The Hall–Kier alpha value is -1.55. The van der Waals surface area contributed by atoms with Crippen LogP contribution in [0, 0.1) is 23.2 Å². The molecule has 1 saturated heterocycles. The summed E-state index contributed by atoms with van der Waals surface area (Å²) in [6.45, 7) is 1.50. The molecule has 2 aromatic carbocycles. The number of nitrogens with zero attached hydrogens (tertiary/aromatic N) is 2. The Bertz CT molecular complexity index is 926. The van der Waals surface area contributed by atoms with Gasteiger partial charge in [-0.1, -0.05) is 51.8 Å². The molecule has 1 fully saturated rings. The highest BCUT2D eigenvalue weighted by Crippen LogP contribution is 2.33. The van der Waals surface area contributed by atoms with Gasteiger partial charge in [0, 0.05) is 17.6 Å². The zero-order chi connectivity index (χ0) is 22.4. The van der Waals surface area contributed by atoms with Gasteiger partial charge in [-0.3, -0.25) is 0 Å². The van der Waals surface area contributed by atoms with Crippen LogP contribution >= 0.6 is 27.5 Å². The van der Waals surface area contributed by atoms with Gasteiger partial charge in [-0.05, 0) is 73.4 Å². The first-order valence-corrected chi connectivity index (χ1v) is 11.6. The van der Waals surface area contributed by atoms with Crippen LogP contribution in [0.25, 0.3) is 0 Å². The molecule has 31 heavy (non-hydrogen) atoms. The molecule has 0 N–H and O–H groups in total. The molecule has 0 aromatic heterocycles. The Labute approximate surface area is 195 Å². The van der Waals surface area contributed by atoms with Crippen LogP contribution < -0.4 is 0 Å². The van der Waals surface area contributed by atoms with Gasteiger partial charge >= 0.3 is 6.18 Å². The first-order chi connectivity index (χ1) is 14.7. The average Bonchev–Trinajstić information content (AvgIpc) is 3.19. The lowest BCUT2D eigenvalue weighted by atomic mass is 9.82. The van der Waals surface area contributed by atoms with E-state index >= 15 is 0 Å². The molecule has 0 amide bonds. The minimum atomic E-state index is -4.11. The van der Waals surface area contributed by atoms with Gasteiger partial charge in [0.1, 0.15) is 6.07 Å². The monoisotopic (exact) mass is 512 g/mol. The van der Waals surface area contributed by atoms with Gasteiger partial charge < -0.3 is 4.90 Å². The van der Waals surface area contributed by atoms with Gasteiger partial charge in [-0.2, -0.15) is 18.4 Å². The Morgan fingerprint density at radius 2 is 2.00 bits per heavy atom. The maximum Gasteiger partial charge on any atom is 0.390 e. The standard InChI is InChI=1S/C24H25BrClF3N2/c25-22-4-2-1-3-19(22)14-18(7-5-17-6-8-20(15-30)23(26)13-17)21-9-11-31(16-21)12-10-24(27,28)29/h1-4,6,8,13,18,21H,5,7,9-12,14,16H2. The third kappa shape index (κ3) is 7.24. The molecule has 2 aromatic rings. The van der Waals surface area contributed by atoms with Gasteiger partial charge in [0.2, 0.25) is 0 Å². The number of likely N-dealkylation sites (tertiary alicyclic amines) is 1. The van der Waals surface area contributed by atoms with Crippen molar-refractivity contribution in [2.75, 3.05) is 19.6 Å². The summed E-state index contributed by atoms with van der Waals surface area (Å²) in [5.74, 6) is 0.707. The van der Waals surface area contributed by atoms with Crippen LogP contribution in [0.2, 0.25) is 5.02 Å². The van der Waals surface area contributed by atoms with Crippen molar-refractivity contribution in [1.82, 2.24) is 4.90 Å². The number of alkyl halides is 3. The second-order valence-corrected chi connectivity index (χ2v) is 9.50. The highest BCUT2D eigenvalue weighted by atomic mass is 79.9. The lowest BCUT2D eigenvalue weighted by Gasteiger charge is -2.25. The van der Waals surface area contributed by atoms with Crippen molar-refractivity contribution in [3.8, 4) is 6.07 Å².